The van der Waals surface area contributed by atoms with E-state index in [-0.39, 0.29) is 6.54 Å². The lowest BCUT2D eigenvalue weighted by molar-refractivity contribution is 0.0988. The molecule has 5 N–H and O–H groups in total. The molecular formula is C3H10N2O4S. The largest absolute Gasteiger partial charge is 0.394 e. The van der Waals surface area contributed by atoms with Gasteiger partial charge in [0, 0.05) is 6.54 Å². The van der Waals surface area contributed by atoms with Crippen LogP contribution in [0.1, 0.15) is 0 Å². The van der Waals surface area contributed by atoms with E-state index in [0.717, 1.165) is 0 Å². The van der Waals surface area contributed by atoms with Crippen molar-refractivity contribution < 1.29 is 18.6 Å². The summed E-state index contributed by atoms with van der Waals surface area (Å²) in [4.78, 5) is 0. The van der Waals surface area contributed by atoms with E-state index in [1.54, 1.807) is 0 Å². The fourth-order valence-corrected chi connectivity index (χ4v) is 0.702. The van der Waals surface area contributed by atoms with E-state index in [1.807, 2.05) is 4.72 Å². The second-order valence-electron chi connectivity index (χ2n) is 1.73. The number of aliphatic hydroxyl groups excluding tert-OH is 2. The lowest BCUT2D eigenvalue weighted by Crippen LogP contribution is -2.37. The molecule has 0 aliphatic carbocycles. The van der Waals surface area contributed by atoms with Crippen LogP contribution in [-0.4, -0.2) is 37.9 Å². The minimum absolute atomic E-state index is 0.269. The van der Waals surface area contributed by atoms with E-state index in [4.69, 9.17) is 10.2 Å². The molecular weight excluding hydrogens is 160 g/mol. The van der Waals surface area contributed by atoms with Gasteiger partial charge >= 0.3 is 0 Å². The third kappa shape index (κ3) is 5.92. The molecule has 0 spiro atoms. The number of nitrogens with two attached hydrogens (primary N) is 1. The lowest BCUT2D eigenvalue weighted by Gasteiger charge is -2.05. The Morgan fingerprint density at radius 2 is 2.10 bits per heavy atom. The fraction of sp³-hybridized carbons (Fsp3) is 1.00. The summed E-state index contributed by atoms with van der Waals surface area (Å²) >= 11 is 0. The Hall–Kier alpha value is -0.210. The Morgan fingerprint density at radius 1 is 1.60 bits per heavy atom. The average molecular weight is 170 g/mol. The van der Waals surface area contributed by atoms with Crippen molar-refractivity contribution in [3.8, 4) is 0 Å². The lowest BCUT2D eigenvalue weighted by atomic mass is 10.4. The topological polar surface area (TPSA) is 113 Å². The summed E-state index contributed by atoms with van der Waals surface area (Å²) in [6.45, 7) is -0.766. The van der Waals surface area contributed by atoms with Gasteiger partial charge in [0.1, 0.15) is 0 Å². The molecule has 0 radical (unpaired) electrons. The molecule has 7 heteroatoms. The molecule has 6 nitrogen and oxygen atoms in total. The van der Waals surface area contributed by atoms with Gasteiger partial charge in [-0.05, 0) is 0 Å². The number of hydrogen-bond donors (Lipinski definition) is 4. The Kier molecular flexibility index (Phi) is 3.76. The zero-order valence-corrected chi connectivity index (χ0v) is 6.00. The smallest absolute Gasteiger partial charge is 0.274 e. The maximum Gasteiger partial charge on any atom is 0.274 e. The minimum atomic E-state index is -3.75. The molecule has 0 saturated heterocycles. The van der Waals surface area contributed by atoms with E-state index in [0.29, 0.717) is 0 Å². The van der Waals surface area contributed by atoms with Gasteiger partial charge in [0.2, 0.25) is 0 Å². The van der Waals surface area contributed by atoms with Crippen LogP contribution in [0.4, 0.5) is 0 Å². The highest BCUT2D eigenvalue weighted by Gasteiger charge is 2.05. The minimum Gasteiger partial charge on any atom is -0.394 e. The third-order valence-corrected chi connectivity index (χ3v) is 1.30. The maximum atomic E-state index is 10.1. The molecule has 62 valence electrons. The van der Waals surface area contributed by atoms with E-state index in [2.05, 4.69) is 5.14 Å². The van der Waals surface area contributed by atoms with Gasteiger partial charge in [-0.2, -0.15) is 13.1 Å². The zero-order valence-electron chi connectivity index (χ0n) is 5.19. The number of nitrogens with one attached hydrogen (secondary N) is 1. The van der Waals surface area contributed by atoms with Gasteiger partial charge in [0.05, 0.1) is 12.7 Å². The molecule has 0 rings (SSSR count). The van der Waals surface area contributed by atoms with Crippen molar-refractivity contribution in [3.05, 3.63) is 0 Å². The average Bonchev–Trinajstić information content (AvgIpc) is 1.81. The SMILES string of the molecule is NS(=O)(=O)NCC(O)CO. The first-order chi connectivity index (χ1) is 4.45. The first-order valence-electron chi connectivity index (χ1n) is 2.52. The van der Waals surface area contributed by atoms with E-state index in [9.17, 15) is 8.42 Å². The van der Waals surface area contributed by atoms with Crippen LogP contribution in [0.5, 0.6) is 0 Å². The molecule has 1 atom stereocenters. The number of aliphatic hydroxyl groups is 2. The molecule has 0 amide bonds. The molecule has 0 aliphatic rings. The van der Waals surface area contributed by atoms with Crippen LogP contribution in [0.15, 0.2) is 0 Å². The molecule has 0 heterocycles. The van der Waals surface area contributed by atoms with Crippen molar-refractivity contribution >= 4 is 10.2 Å². The summed E-state index contributed by atoms with van der Waals surface area (Å²) in [6.07, 6.45) is -1.10. The fourth-order valence-electron chi connectivity index (χ4n) is 0.277. The molecule has 10 heavy (non-hydrogen) atoms. The first-order valence-corrected chi connectivity index (χ1v) is 4.06. The van der Waals surface area contributed by atoms with E-state index >= 15 is 0 Å². The third-order valence-electron chi connectivity index (χ3n) is 0.731. The molecule has 1 unspecified atom stereocenters. The Morgan fingerprint density at radius 3 is 2.40 bits per heavy atom. The van der Waals surface area contributed by atoms with Crippen LogP contribution in [0.2, 0.25) is 0 Å². The molecule has 0 saturated carbocycles. The summed E-state index contributed by atoms with van der Waals surface area (Å²) in [6, 6.07) is 0. The highest BCUT2D eigenvalue weighted by atomic mass is 32.2. The molecule has 0 aromatic carbocycles. The number of rotatable bonds is 4. The predicted molar refractivity (Wildman–Crippen MR) is 34.2 cm³/mol. The molecule has 0 bridgehead atoms. The monoisotopic (exact) mass is 170 g/mol. The summed E-state index contributed by atoms with van der Waals surface area (Å²) in [5.74, 6) is 0. The van der Waals surface area contributed by atoms with Gasteiger partial charge < -0.3 is 10.2 Å². The van der Waals surface area contributed by atoms with Crippen molar-refractivity contribution in [2.24, 2.45) is 5.14 Å². The van der Waals surface area contributed by atoms with Crippen LogP contribution >= 0.6 is 0 Å². The highest BCUT2D eigenvalue weighted by molar-refractivity contribution is 7.87. The summed E-state index contributed by atoms with van der Waals surface area (Å²) in [5.41, 5.74) is 0. The Balaban J connectivity index is 3.56. The standard InChI is InChI=1S/C3H10N2O4S/c4-10(8,9)5-1-3(7)2-6/h3,5-7H,1-2H2,(H2,4,8,9). The van der Waals surface area contributed by atoms with Gasteiger partial charge in [0.25, 0.3) is 10.2 Å². The van der Waals surface area contributed by atoms with E-state index in [1.165, 1.54) is 0 Å². The quantitative estimate of drug-likeness (QED) is 0.363. The van der Waals surface area contributed by atoms with Crippen LogP contribution in [0, 0.1) is 0 Å². The van der Waals surface area contributed by atoms with Crippen molar-refractivity contribution in [2.45, 2.75) is 6.10 Å². The second kappa shape index (κ2) is 3.84. The maximum absolute atomic E-state index is 10.1. The summed E-state index contributed by atoms with van der Waals surface area (Å²) < 4.78 is 22.1. The van der Waals surface area contributed by atoms with Crippen molar-refractivity contribution in [3.63, 3.8) is 0 Å². The Labute approximate surface area is 58.8 Å². The van der Waals surface area contributed by atoms with Crippen LogP contribution < -0.4 is 9.86 Å². The summed E-state index contributed by atoms with van der Waals surface area (Å²) in [7, 11) is -3.75. The van der Waals surface area contributed by atoms with Crippen molar-refractivity contribution in [1.29, 1.82) is 0 Å². The van der Waals surface area contributed by atoms with Crippen molar-refractivity contribution in [2.75, 3.05) is 13.2 Å². The van der Waals surface area contributed by atoms with Crippen LogP contribution in [-0.2, 0) is 10.2 Å². The zero-order chi connectivity index (χ0) is 8.20. The van der Waals surface area contributed by atoms with Gasteiger partial charge in [0.15, 0.2) is 0 Å². The van der Waals surface area contributed by atoms with Gasteiger partial charge in [-0.25, -0.2) is 5.14 Å². The highest BCUT2D eigenvalue weighted by Crippen LogP contribution is 1.77. The van der Waals surface area contributed by atoms with Crippen LogP contribution in [0.25, 0.3) is 0 Å². The van der Waals surface area contributed by atoms with E-state index < -0.39 is 22.9 Å². The predicted octanol–water partition coefficient (Wildman–Crippen LogP) is -2.87. The van der Waals surface area contributed by atoms with Crippen LogP contribution in [0.3, 0.4) is 0 Å². The van der Waals surface area contributed by atoms with Gasteiger partial charge in [-0.3, -0.25) is 0 Å². The second-order valence-corrected chi connectivity index (χ2v) is 3.11. The molecule has 0 aromatic rings. The molecule has 0 aliphatic heterocycles. The van der Waals surface area contributed by atoms with Crippen molar-refractivity contribution in [1.82, 2.24) is 4.72 Å². The summed E-state index contributed by atoms with van der Waals surface area (Å²) in [5, 5.41) is 21.3. The van der Waals surface area contributed by atoms with Gasteiger partial charge in [-0.1, -0.05) is 0 Å². The first kappa shape index (κ1) is 9.79. The molecule has 0 fully saturated rings. The molecule has 0 aromatic heterocycles. The normalized spacial score (nSPS) is 15.1. The Bertz CT molecular complexity index is 177. The van der Waals surface area contributed by atoms with Gasteiger partial charge in [-0.15, -0.1) is 0 Å². The number of hydrogen-bond acceptors (Lipinski definition) is 4.